The third kappa shape index (κ3) is 5.59. The van der Waals surface area contributed by atoms with Gasteiger partial charge in [0.1, 0.15) is 0 Å². The molecule has 2 aliphatic rings. The Bertz CT molecular complexity index is 924. The van der Waals surface area contributed by atoms with Gasteiger partial charge in [0, 0.05) is 24.0 Å². The number of nitrogens with one attached hydrogen (secondary N) is 1. The lowest BCUT2D eigenvalue weighted by atomic mass is 10.1. The van der Waals surface area contributed by atoms with Crippen molar-refractivity contribution in [2.24, 2.45) is 4.99 Å². The summed E-state index contributed by atoms with van der Waals surface area (Å²) in [6, 6.07) is 5.67. The van der Waals surface area contributed by atoms with E-state index in [0.717, 1.165) is 11.1 Å². The lowest BCUT2D eigenvalue weighted by Gasteiger charge is -2.16. The Kier molecular flexibility index (Phi) is 7.04. The first-order valence-electron chi connectivity index (χ1n) is 8.79. The van der Waals surface area contributed by atoms with Crippen LogP contribution in [-0.4, -0.2) is 17.2 Å². The molecule has 0 saturated carbocycles. The van der Waals surface area contributed by atoms with E-state index in [-0.39, 0.29) is 5.88 Å². The summed E-state index contributed by atoms with van der Waals surface area (Å²) < 4.78 is 5.48. The number of benzene rings is 1. The van der Waals surface area contributed by atoms with Gasteiger partial charge in [0.15, 0.2) is 0 Å². The van der Waals surface area contributed by atoms with E-state index in [2.05, 4.69) is 10.3 Å². The summed E-state index contributed by atoms with van der Waals surface area (Å²) in [5, 5.41) is 3.59. The number of aliphatic imine (C=N–C) groups is 1. The number of hydrogen-bond acceptors (Lipinski definition) is 4. The van der Waals surface area contributed by atoms with Crippen molar-refractivity contribution in [1.29, 1.82) is 0 Å². The highest BCUT2D eigenvalue weighted by Crippen LogP contribution is 2.29. The van der Waals surface area contributed by atoms with Crippen molar-refractivity contribution in [3.05, 3.63) is 107 Å². The Morgan fingerprint density at radius 2 is 1.71 bits per heavy atom. The first-order chi connectivity index (χ1) is 13.7. The predicted octanol–water partition coefficient (Wildman–Crippen LogP) is 5.00. The molecule has 28 heavy (non-hydrogen) atoms. The minimum Gasteiger partial charge on any atom is -0.391 e. The van der Waals surface area contributed by atoms with Crippen molar-refractivity contribution in [1.82, 2.24) is 10.2 Å². The molecule has 2 aliphatic heterocycles. The zero-order valence-electron chi connectivity index (χ0n) is 15.2. The summed E-state index contributed by atoms with van der Waals surface area (Å²) in [5.74, 6) is 0.224. The molecule has 5 nitrogen and oxygen atoms in total. The van der Waals surface area contributed by atoms with Gasteiger partial charge in [-0.05, 0) is 29.3 Å². The highest BCUT2D eigenvalue weighted by Gasteiger charge is 2.26. The predicted molar refractivity (Wildman–Crippen MR) is 113 cm³/mol. The number of rotatable bonds is 1. The fourth-order valence-corrected chi connectivity index (χ4v) is 2.86. The summed E-state index contributed by atoms with van der Waals surface area (Å²) in [5.41, 5.74) is 1.99. The third-order valence-corrected chi connectivity index (χ3v) is 4.31. The maximum atomic E-state index is 12.6. The van der Waals surface area contributed by atoms with Gasteiger partial charge in [0.05, 0.1) is 12.7 Å². The van der Waals surface area contributed by atoms with Crippen LogP contribution in [0.2, 0.25) is 5.02 Å². The van der Waals surface area contributed by atoms with Crippen LogP contribution in [0.4, 0.5) is 4.79 Å². The molecule has 0 spiro atoms. The quantitative estimate of drug-likeness (QED) is 0.730. The van der Waals surface area contributed by atoms with E-state index in [4.69, 9.17) is 16.3 Å². The number of nitrogens with zero attached hydrogens (tertiary/aromatic N) is 2. The van der Waals surface area contributed by atoms with Gasteiger partial charge < -0.3 is 10.1 Å². The second kappa shape index (κ2) is 10.1. The average Bonchev–Trinajstić information content (AvgIpc) is 3.12. The second-order valence-corrected chi connectivity index (χ2v) is 6.34. The van der Waals surface area contributed by atoms with Gasteiger partial charge in [-0.1, -0.05) is 66.3 Å². The van der Waals surface area contributed by atoms with E-state index in [0.29, 0.717) is 18.1 Å². The highest BCUT2D eigenvalue weighted by atomic mass is 35.5. The molecular formula is C22H20ClN3O2. The number of carbonyl (C=O) groups excluding carboxylic acids is 1. The Morgan fingerprint density at radius 3 is 2.46 bits per heavy atom. The van der Waals surface area contributed by atoms with Crippen LogP contribution in [0.3, 0.4) is 0 Å². The topological polar surface area (TPSA) is 53.9 Å². The van der Waals surface area contributed by atoms with Gasteiger partial charge in [-0.3, -0.25) is 9.89 Å². The average molecular weight is 394 g/mol. The van der Waals surface area contributed by atoms with Crippen LogP contribution < -0.4 is 5.32 Å². The largest absolute Gasteiger partial charge is 0.417 e. The highest BCUT2D eigenvalue weighted by molar-refractivity contribution is 6.31. The molecule has 0 aromatic heterocycles. The number of amides is 1. The fraction of sp³-hybridized carbons (Fsp3) is 0.0909. The maximum Gasteiger partial charge on any atom is 0.417 e. The van der Waals surface area contributed by atoms with Gasteiger partial charge in [0.2, 0.25) is 5.88 Å². The van der Waals surface area contributed by atoms with Crippen LogP contribution in [0.25, 0.3) is 0 Å². The minimum atomic E-state index is -0.468. The van der Waals surface area contributed by atoms with Gasteiger partial charge in [-0.25, -0.2) is 4.79 Å². The Labute approximate surface area is 169 Å². The van der Waals surface area contributed by atoms with Crippen LogP contribution in [0.1, 0.15) is 11.1 Å². The van der Waals surface area contributed by atoms with Gasteiger partial charge >= 0.3 is 6.09 Å². The molecule has 1 aromatic rings. The van der Waals surface area contributed by atoms with Gasteiger partial charge in [-0.15, -0.1) is 0 Å². The van der Waals surface area contributed by atoms with Crippen LogP contribution in [0.5, 0.6) is 0 Å². The molecule has 6 heteroatoms. The molecular weight excluding hydrogens is 374 g/mol. The van der Waals surface area contributed by atoms with Crippen molar-refractivity contribution in [3.63, 3.8) is 0 Å². The Hall–Kier alpha value is -3.31. The first kappa shape index (κ1) is 19.5. The molecule has 1 N–H and O–H groups in total. The van der Waals surface area contributed by atoms with Crippen molar-refractivity contribution >= 4 is 23.9 Å². The molecule has 0 unspecified atom stereocenters. The smallest absolute Gasteiger partial charge is 0.391 e. The summed E-state index contributed by atoms with van der Waals surface area (Å²) >= 11 is 6.22. The molecule has 142 valence electrons. The van der Waals surface area contributed by atoms with E-state index in [1.165, 1.54) is 6.20 Å². The summed E-state index contributed by atoms with van der Waals surface area (Å²) in [4.78, 5) is 18.3. The van der Waals surface area contributed by atoms with Crippen molar-refractivity contribution in [3.8, 4) is 0 Å². The number of hydrogen-bond donors (Lipinski definition) is 1. The lowest BCUT2D eigenvalue weighted by molar-refractivity contribution is 0.124. The normalized spacial score (nSPS) is 24.9. The fourth-order valence-electron chi connectivity index (χ4n) is 2.61. The third-order valence-electron chi connectivity index (χ3n) is 3.96. The molecule has 0 aliphatic carbocycles. The van der Waals surface area contributed by atoms with E-state index in [9.17, 15) is 4.79 Å². The standard InChI is InChI=1S/C22H20ClN3O2/c23-20-12-10-11-18-16-26(17-19(18)20)22(27)28-21-15-24-13-8-6-4-2-1-3-5-7-9-14-25-21/h1-15,25H,16-17H2/b3-1-,4-2-,7-5-,8-6-,14-9-,21-15+,24-13+. The van der Waals surface area contributed by atoms with Crippen molar-refractivity contribution in [2.75, 3.05) is 0 Å². The second-order valence-electron chi connectivity index (χ2n) is 5.94. The molecule has 0 atom stereocenters. The number of fused-ring (bicyclic) bond motifs is 1. The number of ether oxygens (including phenoxy) is 1. The van der Waals surface area contributed by atoms with Crippen LogP contribution >= 0.6 is 11.6 Å². The number of carbonyl (C=O) groups is 1. The van der Waals surface area contributed by atoms with Crippen molar-refractivity contribution in [2.45, 2.75) is 13.1 Å². The zero-order chi connectivity index (χ0) is 19.6. The molecule has 0 fully saturated rings. The molecule has 3 rings (SSSR count). The molecule has 0 saturated heterocycles. The van der Waals surface area contributed by atoms with Gasteiger partial charge in [-0.2, -0.15) is 0 Å². The monoisotopic (exact) mass is 393 g/mol. The summed E-state index contributed by atoms with van der Waals surface area (Å²) in [6.45, 7) is 0.885. The lowest BCUT2D eigenvalue weighted by Crippen LogP contribution is -2.28. The Balaban J connectivity index is 1.69. The van der Waals surface area contributed by atoms with E-state index >= 15 is 0 Å². The van der Waals surface area contributed by atoms with E-state index < -0.39 is 6.09 Å². The number of halogens is 1. The molecule has 0 bridgehead atoms. The number of allylic oxidation sites excluding steroid dienone is 9. The van der Waals surface area contributed by atoms with E-state index in [1.54, 1.807) is 29.5 Å². The summed E-state index contributed by atoms with van der Waals surface area (Å²) in [6.07, 6.45) is 21.1. The maximum absolute atomic E-state index is 12.6. The van der Waals surface area contributed by atoms with Crippen molar-refractivity contribution < 1.29 is 9.53 Å². The minimum absolute atomic E-state index is 0.224. The Morgan fingerprint density at radius 1 is 1.00 bits per heavy atom. The van der Waals surface area contributed by atoms with Crippen LogP contribution in [0.15, 0.2) is 96.2 Å². The first-order valence-corrected chi connectivity index (χ1v) is 9.16. The van der Waals surface area contributed by atoms with Crippen LogP contribution in [0, 0.1) is 0 Å². The van der Waals surface area contributed by atoms with Gasteiger partial charge in [0.25, 0.3) is 0 Å². The van der Waals surface area contributed by atoms with Crippen LogP contribution in [-0.2, 0) is 17.8 Å². The molecule has 2 heterocycles. The molecule has 1 amide bonds. The zero-order valence-corrected chi connectivity index (χ0v) is 15.9. The molecule has 0 radical (unpaired) electrons. The van der Waals surface area contributed by atoms with E-state index in [1.807, 2.05) is 60.7 Å². The summed E-state index contributed by atoms with van der Waals surface area (Å²) in [7, 11) is 0. The molecule has 1 aromatic carbocycles. The SMILES string of the molecule is O=C(O/C1=C/N=C/C=C\C=C/C=C\C=C/C=C\N1)N1Cc2cccc(Cl)c2C1.